The van der Waals surface area contributed by atoms with Crippen LogP contribution >= 0.6 is 35.8 Å². The van der Waals surface area contributed by atoms with E-state index in [1.54, 1.807) is 14.1 Å². The minimum atomic E-state index is -0.0205. The molecule has 2 amide bonds. The van der Waals surface area contributed by atoms with Crippen LogP contribution < -0.4 is 0 Å². The summed E-state index contributed by atoms with van der Waals surface area (Å²) in [6, 6.07) is 5.97. The standard InChI is InChI=1S/C25H29Cl2N3O2S/c1-29(2)21(31)5-6-22(32)30-9-7-15(8-10-30)24-23-16(11-18(26)13-20(23)27)3-4-17-12-19(33)14-28-25(17)24/h11-15,24,33H,3-10H2,1-2H3. The summed E-state index contributed by atoms with van der Waals surface area (Å²) >= 11 is 17.6. The second-order valence-electron chi connectivity index (χ2n) is 9.18. The van der Waals surface area contributed by atoms with Gasteiger partial charge in [-0.15, -0.1) is 12.6 Å². The molecule has 2 aromatic rings. The van der Waals surface area contributed by atoms with E-state index < -0.39 is 0 Å². The number of aryl methyl sites for hydroxylation is 2. The zero-order chi connectivity index (χ0) is 23.7. The van der Waals surface area contributed by atoms with Gasteiger partial charge < -0.3 is 9.80 Å². The molecule has 2 aliphatic rings. The number of hydrogen-bond donors (Lipinski definition) is 1. The maximum Gasteiger partial charge on any atom is 0.223 e. The van der Waals surface area contributed by atoms with Gasteiger partial charge in [0.15, 0.2) is 0 Å². The molecule has 2 heterocycles. The van der Waals surface area contributed by atoms with Crippen molar-refractivity contribution in [1.29, 1.82) is 0 Å². The molecule has 1 fully saturated rings. The molecule has 33 heavy (non-hydrogen) atoms. The van der Waals surface area contributed by atoms with Crippen LogP contribution in [-0.4, -0.2) is 53.8 Å². The number of benzene rings is 1. The maximum absolute atomic E-state index is 12.7. The lowest BCUT2D eigenvalue weighted by molar-refractivity contribution is -0.136. The van der Waals surface area contributed by atoms with E-state index in [0.29, 0.717) is 29.1 Å². The van der Waals surface area contributed by atoms with Crippen LogP contribution in [0.15, 0.2) is 29.3 Å². The van der Waals surface area contributed by atoms with Gasteiger partial charge in [-0.1, -0.05) is 23.2 Å². The fourth-order valence-electron chi connectivity index (χ4n) is 5.12. The van der Waals surface area contributed by atoms with Crippen molar-refractivity contribution in [2.45, 2.75) is 49.3 Å². The zero-order valence-corrected chi connectivity index (χ0v) is 21.4. The number of thiol groups is 1. The van der Waals surface area contributed by atoms with Crippen LogP contribution in [0.5, 0.6) is 0 Å². The molecule has 0 bridgehead atoms. The number of nitrogens with zero attached hydrogens (tertiary/aromatic N) is 3. The number of aromatic nitrogens is 1. The minimum absolute atomic E-state index is 0.0205. The fourth-order valence-corrected chi connectivity index (χ4v) is 5.99. The first-order valence-electron chi connectivity index (χ1n) is 11.4. The summed E-state index contributed by atoms with van der Waals surface area (Å²) in [7, 11) is 3.42. The number of hydrogen-bond acceptors (Lipinski definition) is 4. The lowest BCUT2D eigenvalue weighted by Gasteiger charge is -2.37. The largest absolute Gasteiger partial charge is 0.349 e. The van der Waals surface area contributed by atoms with Crippen molar-refractivity contribution in [1.82, 2.24) is 14.8 Å². The normalized spacial score (nSPS) is 18.3. The van der Waals surface area contributed by atoms with E-state index in [9.17, 15) is 9.59 Å². The predicted octanol–water partition coefficient (Wildman–Crippen LogP) is 5.01. The summed E-state index contributed by atoms with van der Waals surface area (Å²) in [5.74, 6) is 0.398. The second-order valence-corrected chi connectivity index (χ2v) is 10.5. The predicted molar refractivity (Wildman–Crippen MR) is 134 cm³/mol. The van der Waals surface area contributed by atoms with E-state index in [0.717, 1.165) is 41.8 Å². The van der Waals surface area contributed by atoms with E-state index in [2.05, 4.69) is 18.7 Å². The number of carbonyl (C=O) groups is 2. The number of rotatable bonds is 4. The third-order valence-electron chi connectivity index (χ3n) is 6.85. The Morgan fingerprint density at radius 3 is 2.48 bits per heavy atom. The van der Waals surface area contributed by atoms with Crippen LogP contribution in [0.25, 0.3) is 0 Å². The van der Waals surface area contributed by atoms with Crippen LogP contribution in [0.2, 0.25) is 10.0 Å². The Morgan fingerprint density at radius 2 is 1.79 bits per heavy atom. The van der Waals surface area contributed by atoms with Crippen molar-refractivity contribution in [2.75, 3.05) is 27.2 Å². The number of fused-ring (bicyclic) bond motifs is 2. The number of likely N-dealkylation sites (tertiary alicyclic amines) is 1. The molecule has 0 saturated carbocycles. The number of pyridine rings is 1. The first kappa shape index (κ1) is 24.4. The summed E-state index contributed by atoms with van der Waals surface area (Å²) < 4.78 is 0. The minimum Gasteiger partial charge on any atom is -0.349 e. The van der Waals surface area contributed by atoms with E-state index >= 15 is 0 Å². The van der Waals surface area contributed by atoms with E-state index in [4.69, 9.17) is 28.2 Å². The van der Waals surface area contributed by atoms with E-state index in [1.165, 1.54) is 16.0 Å². The molecule has 1 aromatic heterocycles. The highest BCUT2D eigenvalue weighted by Gasteiger charge is 2.36. The van der Waals surface area contributed by atoms with Gasteiger partial charge in [-0.2, -0.15) is 0 Å². The Morgan fingerprint density at radius 1 is 1.09 bits per heavy atom. The van der Waals surface area contributed by atoms with Gasteiger partial charge in [0, 0.05) is 67.1 Å². The lowest BCUT2D eigenvalue weighted by Crippen LogP contribution is -2.40. The van der Waals surface area contributed by atoms with Crippen molar-refractivity contribution in [3.05, 3.63) is 56.8 Å². The maximum atomic E-state index is 12.7. The molecule has 1 saturated heterocycles. The average Bonchev–Trinajstić information content (AvgIpc) is 2.94. The quantitative estimate of drug-likeness (QED) is 0.593. The Bertz CT molecular complexity index is 1070. The van der Waals surface area contributed by atoms with Crippen molar-refractivity contribution in [2.24, 2.45) is 5.92 Å². The highest BCUT2D eigenvalue weighted by Crippen LogP contribution is 2.46. The van der Waals surface area contributed by atoms with Crippen LogP contribution in [0, 0.1) is 5.92 Å². The highest BCUT2D eigenvalue weighted by molar-refractivity contribution is 7.80. The highest BCUT2D eigenvalue weighted by atomic mass is 35.5. The zero-order valence-electron chi connectivity index (χ0n) is 19.0. The summed E-state index contributed by atoms with van der Waals surface area (Å²) in [5, 5.41) is 1.34. The van der Waals surface area contributed by atoms with Crippen LogP contribution in [0.1, 0.15) is 54.0 Å². The molecule has 0 spiro atoms. The van der Waals surface area contributed by atoms with Crippen molar-refractivity contribution < 1.29 is 9.59 Å². The first-order valence-corrected chi connectivity index (χ1v) is 12.6. The van der Waals surface area contributed by atoms with Gasteiger partial charge in [-0.3, -0.25) is 14.6 Å². The number of piperidine rings is 1. The van der Waals surface area contributed by atoms with Crippen molar-refractivity contribution >= 4 is 47.6 Å². The van der Waals surface area contributed by atoms with E-state index in [1.807, 2.05) is 23.2 Å². The summed E-state index contributed by atoms with van der Waals surface area (Å²) in [5.41, 5.74) is 4.58. The van der Waals surface area contributed by atoms with Crippen LogP contribution in [0.4, 0.5) is 0 Å². The van der Waals surface area contributed by atoms with Crippen LogP contribution in [0.3, 0.4) is 0 Å². The third kappa shape index (κ3) is 5.33. The molecular formula is C25H29Cl2N3O2S. The third-order valence-corrected chi connectivity index (χ3v) is 7.63. The molecule has 0 radical (unpaired) electrons. The summed E-state index contributed by atoms with van der Waals surface area (Å²) in [6.07, 6.45) is 5.77. The number of carbonyl (C=O) groups excluding carboxylic acids is 2. The van der Waals surface area contributed by atoms with Gasteiger partial charge in [-0.25, -0.2) is 0 Å². The molecule has 4 rings (SSSR count). The molecule has 5 nitrogen and oxygen atoms in total. The van der Waals surface area contributed by atoms with Gasteiger partial charge in [0.2, 0.25) is 11.8 Å². The van der Waals surface area contributed by atoms with Gasteiger partial charge in [0.25, 0.3) is 0 Å². The monoisotopic (exact) mass is 505 g/mol. The average molecular weight is 506 g/mol. The van der Waals surface area contributed by atoms with Crippen molar-refractivity contribution in [3.63, 3.8) is 0 Å². The fraction of sp³-hybridized carbons (Fsp3) is 0.480. The molecular weight excluding hydrogens is 477 g/mol. The Kier molecular flexibility index (Phi) is 7.56. The van der Waals surface area contributed by atoms with Crippen molar-refractivity contribution in [3.8, 4) is 0 Å². The van der Waals surface area contributed by atoms with Gasteiger partial charge in [-0.05, 0) is 66.5 Å². The first-order chi connectivity index (χ1) is 15.7. The van der Waals surface area contributed by atoms with Crippen LogP contribution in [-0.2, 0) is 22.4 Å². The van der Waals surface area contributed by atoms with Gasteiger partial charge in [0.1, 0.15) is 0 Å². The Hall–Kier alpha value is -1.76. The SMILES string of the molecule is CN(C)C(=O)CCC(=O)N1CCC(C2c3ncc(S)cc3CCc3cc(Cl)cc(Cl)c32)CC1. The molecule has 0 N–H and O–H groups in total. The molecule has 1 aliphatic heterocycles. The number of amides is 2. The lowest BCUT2D eigenvalue weighted by atomic mass is 9.76. The van der Waals surface area contributed by atoms with Gasteiger partial charge >= 0.3 is 0 Å². The molecule has 1 atom stereocenters. The van der Waals surface area contributed by atoms with Gasteiger partial charge in [0.05, 0.1) is 5.69 Å². The smallest absolute Gasteiger partial charge is 0.223 e. The Labute approximate surface area is 210 Å². The second kappa shape index (κ2) is 10.2. The molecule has 8 heteroatoms. The molecule has 1 unspecified atom stereocenters. The number of halogens is 2. The summed E-state index contributed by atoms with van der Waals surface area (Å²) in [4.78, 5) is 33.6. The Balaban J connectivity index is 1.57. The summed E-state index contributed by atoms with van der Waals surface area (Å²) in [6.45, 7) is 1.35. The van der Waals surface area contributed by atoms with E-state index in [-0.39, 0.29) is 30.6 Å². The topological polar surface area (TPSA) is 53.5 Å². The molecule has 176 valence electrons. The molecule has 1 aromatic carbocycles. The molecule has 1 aliphatic carbocycles.